The molecule has 0 saturated carbocycles. The molecule has 7 nitrogen and oxygen atoms in total. The van der Waals surface area contributed by atoms with Gasteiger partial charge in [-0.3, -0.25) is 14.5 Å². The number of aryl methyl sites for hydroxylation is 2. The molecule has 1 aromatic carbocycles. The number of carbonyl (C=O) groups excluding carboxylic acids is 2. The molecule has 3 heterocycles. The standard InChI is InChI=1S/C22H28N4O3S/c1-4-17-23-22-26(24-17)20(27)19(30-22)18(15-8-6-14(3)7-9-15)25-12-10-16(11-13-25)21(28)29-5-2/h6-9,16,18-19H,4-5,10-13H2,1-3H3. The minimum Gasteiger partial charge on any atom is -0.466 e. The van der Waals surface area contributed by atoms with E-state index in [0.717, 1.165) is 31.5 Å². The van der Waals surface area contributed by atoms with Crippen molar-refractivity contribution < 1.29 is 14.3 Å². The molecular weight excluding hydrogens is 400 g/mol. The maximum Gasteiger partial charge on any atom is 0.309 e. The van der Waals surface area contributed by atoms with Gasteiger partial charge in [0.25, 0.3) is 5.91 Å². The van der Waals surface area contributed by atoms with Crippen LogP contribution in [-0.4, -0.2) is 56.5 Å². The predicted octanol–water partition coefficient (Wildman–Crippen LogP) is 3.28. The largest absolute Gasteiger partial charge is 0.466 e. The minimum atomic E-state index is -0.298. The third-order valence-electron chi connectivity index (χ3n) is 5.87. The fourth-order valence-electron chi connectivity index (χ4n) is 4.21. The van der Waals surface area contributed by atoms with Crippen molar-refractivity contribution in [2.75, 3.05) is 19.7 Å². The first-order valence-corrected chi connectivity index (χ1v) is 11.5. The highest BCUT2D eigenvalue weighted by molar-refractivity contribution is 8.00. The second kappa shape index (κ2) is 8.89. The molecule has 1 saturated heterocycles. The van der Waals surface area contributed by atoms with E-state index < -0.39 is 0 Å². The van der Waals surface area contributed by atoms with Crippen molar-refractivity contribution in [1.29, 1.82) is 0 Å². The lowest BCUT2D eigenvalue weighted by atomic mass is 9.92. The molecule has 8 heteroatoms. The van der Waals surface area contributed by atoms with Gasteiger partial charge in [0, 0.05) is 6.42 Å². The van der Waals surface area contributed by atoms with E-state index in [1.807, 2.05) is 13.8 Å². The lowest BCUT2D eigenvalue weighted by molar-refractivity contribution is -0.149. The molecule has 0 aliphatic carbocycles. The zero-order chi connectivity index (χ0) is 21.3. The number of carbonyl (C=O) groups is 2. The lowest BCUT2D eigenvalue weighted by Crippen LogP contribution is -2.44. The van der Waals surface area contributed by atoms with Gasteiger partial charge in [-0.15, -0.1) is 5.10 Å². The average Bonchev–Trinajstić information content (AvgIpc) is 3.29. The number of hydrogen-bond donors (Lipinski definition) is 0. The monoisotopic (exact) mass is 428 g/mol. The molecule has 0 amide bonds. The van der Waals surface area contributed by atoms with Crippen LogP contribution in [0.2, 0.25) is 0 Å². The van der Waals surface area contributed by atoms with Crippen LogP contribution in [0.15, 0.2) is 29.4 Å². The van der Waals surface area contributed by atoms with Crippen LogP contribution in [0.3, 0.4) is 0 Å². The number of thioether (sulfide) groups is 1. The number of ether oxygens (including phenoxy) is 1. The van der Waals surface area contributed by atoms with Gasteiger partial charge in [0.05, 0.1) is 18.6 Å². The normalized spacial score (nSPS) is 20.9. The van der Waals surface area contributed by atoms with Crippen LogP contribution in [0.5, 0.6) is 0 Å². The number of esters is 1. The highest BCUT2D eigenvalue weighted by Gasteiger charge is 2.44. The summed E-state index contributed by atoms with van der Waals surface area (Å²) in [4.78, 5) is 32.2. The van der Waals surface area contributed by atoms with Crippen LogP contribution < -0.4 is 0 Å². The summed E-state index contributed by atoms with van der Waals surface area (Å²) in [6.45, 7) is 7.80. The van der Waals surface area contributed by atoms with E-state index in [1.165, 1.54) is 22.0 Å². The molecule has 0 bridgehead atoms. The van der Waals surface area contributed by atoms with Crippen molar-refractivity contribution in [3.05, 3.63) is 41.2 Å². The molecule has 0 spiro atoms. The van der Waals surface area contributed by atoms with E-state index in [-0.39, 0.29) is 29.1 Å². The molecule has 2 atom stereocenters. The summed E-state index contributed by atoms with van der Waals surface area (Å²) in [5.41, 5.74) is 2.30. The highest BCUT2D eigenvalue weighted by Crippen LogP contribution is 2.42. The number of rotatable bonds is 6. The Hall–Kier alpha value is -2.19. The number of aromatic nitrogens is 3. The van der Waals surface area contributed by atoms with E-state index in [2.05, 4.69) is 46.2 Å². The molecule has 1 aromatic heterocycles. The number of piperidine rings is 1. The van der Waals surface area contributed by atoms with Crippen LogP contribution in [0, 0.1) is 12.8 Å². The van der Waals surface area contributed by atoms with Gasteiger partial charge >= 0.3 is 5.97 Å². The van der Waals surface area contributed by atoms with Crippen molar-refractivity contribution >= 4 is 23.6 Å². The topological polar surface area (TPSA) is 77.3 Å². The number of benzene rings is 1. The van der Waals surface area contributed by atoms with Gasteiger partial charge in [0.2, 0.25) is 0 Å². The number of hydrogen-bond acceptors (Lipinski definition) is 7. The Bertz CT molecular complexity index is 919. The van der Waals surface area contributed by atoms with Gasteiger partial charge in [-0.2, -0.15) is 4.68 Å². The van der Waals surface area contributed by atoms with Crippen molar-refractivity contribution in [3.8, 4) is 0 Å². The third-order valence-corrected chi connectivity index (χ3v) is 7.06. The second-order valence-electron chi connectivity index (χ2n) is 7.87. The summed E-state index contributed by atoms with van der Waals surface area (Å²) >= 11 is 1.50. The van der Waals surface area contributed by atoms with Gasteiger partial charge < -0.3 is 4.74 Å². The van der Waals surface area contributed by atoms with Gasteiger partial charge in [-0.25, -0.2) is 4.98 Å². The van der Waals surface area contributed by atoms with E-state index in [0.29, 0.717) is 24.0 Å². The Morgan fingerprint density at radius 2 is 1.93 bits per heavy atom. The van der Waals surface area contributed by atoms with Crippen LogP contribution in [0.4, 0.5) is 0 Å². The van der Waals surface area contributed by atoms with Gasteiger partial charge in [-0.05, 0) is 45.3 Å². The lowest BCUT2D eigenvalue weighted by Gasteiger charge is -2.38. The van der Waals surface area contributed by atoms with E-state index >= 15 is 0 Å². The maximum atomic E-state index is 13.2. The van der Waals surface area contributed by atoms with Crippen molar-refractivity contribution in [2.45, 2.75) is 56.5 Å². The SMILES string of the molecule is CCOC(=O)C1CCN(C(c2ccc(C)cc2)C2Sc3nc(CC)nn3C2=O)CC1. The summed E-state index contributed by atoms with van der Waals surface area (Å²) in [6, 6.07) is 8.31. The quantitative estimate of drug-likeness (QED) is 0.654. The maximum absolute atomic E-state index is 13.2. The molecule has 1 fully saturated rings. The Balaban J connectivity index is 1.57. The van der Waals surface area contributed by atoms with Crippen LogP contribution in [0.1, 0.15) is 54.5 Å². The Morgan fingerprint density at radius 3 is 2.53 bits per heavy atom. The molecule has 2 unspecified atom stereocenters. The number of nitrogens with zero attached hydrogens (tertiary/aromatic N) is 4. The van der Waals surface area contributed by atoms with E-state index in [9.17, 15) is 9.59 Å². The smallest absolute Gasteiger partial charge is 0.309 e. The molecule has 160 valence electrons. The molecule has 4 rings (SSSR count). The van der Waals surface area contributed by atoms with Gasteiger partial charge in [0.15, 0.2) is 11.0 Å². The fourth-order valence-corrected chi connectivity index (χ4v) is 5.48. The summed E-state index contributed by atoms with van der Waals surface area (Å²) in [5.74, 6) is 0.523. The molecule has 2 aromatic rings. The average molecular weight is 429 g/mol. The zero-order valence-electron chi connectivity index (χ0n) is 17.7. The van der Waals surface area contributed by atoms with E-state index in [4.69, 9.17) is 4.74 Å². The third kappa shape index (κ3) is 4.03. The van der Waals surface area contributed by atoms with E-state index in [1.54, 1.807) is 0 Å². The Morgan fingerprint density at radius 1 is 1.23 bits per heavy atom. The first-order chi connectivity index (χ1) is 14.5. The highest BCUT2D eigenvalue weighted by atomic mass is 32.2. The van der Waals surface area contributed by atoms with Gasteiger partial charge in [-0.1, -0.05) is 48.5 Å². The Labute approximate surface area is 181 Å². The molecular formula is C22H28N4O3S. The molecule has 2 aliphatic heterocycles. The number of fused-ring (bicyclic) bond motifs is 1. The first kappa shape index (κ1) is 21.1. The summed E-state index contributed by atoms with van der Waals surface area (Å²) in [6.07, 6.45) is 2.20. The van der Waals surface area contributed by atoms with Crippen molar-refractivity contribution in [2.24, 2.45) is 5.92 Å². The summed E-state index contributed by atoms with van der Waals surface area (Å²) in [5, 5.41) is 4.77. The van der Waals surface area contributed by atoms with Crippen molar-refractivity contribution in [1.82, 2.24) is 19.7 Å². The second-order valence-corrected chi connectivity index (χ2v) is 8.98. The Kier molecular flexibility index (Phi) is 6.24. The van der Waals surface area contributed by atoms with Crippen molar-refractivity contribution in [3.63, 3.8) is 0 Å². The molecule has 0 radical (unpaired) electrons. The first-order valence-electron chi connectivity index (χ1n) is 10.7. The van der Waals surface area contributed by atoms with Gasteiger partial charge in [0.1, 0.15) is 5.25 Å². The molecule has 30 heavy (non-hydrogen) atoms. The fraction of sp³-hybridized carbons (Fsp3) is 0.545. The minimum absolute atomic E-state index is 0.0136. The summed E-state index contributed by atoms with van der Waals surface area (Å²) in [7, 11) is 0. The van der Waals surface area contributed by atoms with Crippen LogP contribution in [-0.2, 0) is 16.0 Å². The molecule has 2 aliphatic rings. The summed E-state index contributed by atoms with van der Waals surface area (Å²) < 4.78 is 6.68. The predicted molar refractivity (Wildman–Crippen MR) is 115 cm³/mol. The zero-order valence-corrected chi connectivity index (χ0v) is 18.5. The molecule has 0 N–H and O–H groups in total. The van der Waals surface area contributed by atoms with Crippen LogP contribution in [0.25, 0.3) is 0 Å². The number of likely N-dealkylation sites (tertiary alicyclic amines) is 1. The van der Waals surface area contributed by atoms with Crippen LogP contribution >= 0.6 is 11.8 Å².